The second-order valence-electron chi connectivity index (χ2n) is 5.75. The SMILES string of the molecule is CC1CCCC(Nc2ccc(Br)c3ccccc23)C1. The van der Waals surface area contributed by atoms with E-state index in [1.807, 2.05) is 0 Å². The zero-order valence-corrected chi connectivity index (χ0v) is 12.9. The molecule has 0 aromatic heterocycles. The number of halogens is 1. The molecule has 0 radical (unpaired) electrons. The maximum absolute atomic E-state index is 3.76. The fourth-order valence-corrected chi connectivity index (χ4v) is 3.65. The van der Waals surface area contributed by atoms with Gasteiger partial charge < -0.3 is 5.32 Å². The van der Waals surface area contributed by atoms with Gasteiger partial charge in [-0.15, -0.1) is 0 Å². The summed E-state index contributed by atoms with van der Waals surface area (Å²) in [6.07, 6.45) is 5.34. The lowest BCUT2D eigenvalue weighted by Gasteiger charge is -2.28. The van der Waals surface area contributed by atoms with E-state index in [2.05, 4.69) is 64.6 Å². The number of fused-ring (bicyclic) bond motifs is 1. The first-order valence-electron chi connectivity index (χ1n) is 7.18. The van der Waals surface area contributed by atoms with Crippen LogP contribution in [0.3, 0.4) is 0 Å². The Morgan fingerprint density at radius 3 is 2.63 bits per heavy atom. The van der Waals surface area contributed by atoms with Crippen molar-refractivity contribution < 1.29 is 0 Å². The lowest BCUT2D eigenvalue weighted by atomic mass is 9.87. The molecular weight excluding hydrogens is 298 g/mol. The van der Waals surface area contributed by atoms with E-state index in [0.29, 0.717) is 6.04 Å². The number of hydrogen-bond acceptors (Lipinski definition) is 1. The first-order chi connectivity index (χ1) is 9.24. The van der Waals surface area contributed by atoms with Crippen LogP contribution in [0.2, 0.25) is 0 Å². The number of rotatable bonds is 2. The maximum Gasteiger partial charge on any atom is 0.0422 e. The number of anilines is 1. The van der Waals surface area contributed by atoms with Crippen LogP contribution in [-0.4, -0.2) is 6.04 Å². The van der Waals surface area contributed by atoms with E-state index in [0.717, 1.165) is 5.92 Å². The van der Waals surface area contributed by atoms with Crippen molar-refractivity contribution in [2.75, 3.05) is 5.32 Å². The van der Waals surface area contributed by atoms with Crippen LogP contribution in [0.5, 0.6) is 0 Å². The highest BCUT2D eigenvalue weighted by Gasteiger charge is 2.19. The van der Waals surface area contributed by atoms with Gasteiger partial charge in [0.05, 0.1) is 0 Å². The molecule has 2 atom stereocenters. The minimum Gasteiger partial charge on any atom is -0.382 e. The second-order valence-corrected chi connectivity index (χ2v) is 6.61. The van der Waals surface area contributed by atoms with Crippen LogP contribution in [0.4, 0.5) is 5.69 Å². The minimum absolute atomic E-state index is 0.633. The van der Waals surface area contributed by atoms with E-state index in [-0.39, 0.29) is 0 Å². The van der Waals surface area contributed by atoms with Gasteiger partial charge >= 0.3 is 0 Å². The van der Waals surface area contributed by atoms with Gasteiger partial charge in [0.1, 0.15) is 0 Å². The molecule has 1 saturated carbocycles. The molecule has 0 amide bonds. The highest BCUT2D eigenvalue weighted by molar-refractivity contribution is 9.10. The highest BCUT2D eigenvalue weighted by Crippen LogP contribution is 2.32. The Morgan fingerprint density at radius 1 is 1.05 bits per heavy atom. The lowest BCUT2D eigenvalue weighted by Crippen LogP contribution is -2.26. The summed E-state index contributed by atoms with van der Waals surface area (Å²) < 4.78 is 1.17. The molecule has 0 heterocycles. The molecule has 2 heteroatoms. The van der Waals surface area contributed by atoms with Crippen molar-refractivity contribution in [3.63, 3.8) is 0 Å². The molecule has 0 bridgehead atoms. The molecule has 1 aliphatic carbocycles. The van der Waals surface area contributed by atoms with Crippen molar-refractivity contribution in [2.24, 2.45) is 5.92 Å². The summed E-state index contributed by atoms with van der Waals surface area (Å²) in [5.74, 6) is 0.855. The summed E-state index contributed by atoms with van der Waals surface area (Å²) in [6, 6.07) is 13.6. The molecule has 1 N–H and O–H groups in total. The van der Waals surface area contributed by atoms with Crippen LogP contribution in [0, 0.1) is 5.92 Å². The predicted octanol–water partition coefficient (Wildman–Crippen LogP) is 5.59. The second kappa shape index (κ2) is 5.54. The standard InChI is InChI=1S/C17H20BrN/c1-12-5-4-6-13(11-12)19-17-10-9-16(18)14-7-2-3-8-15(14)17/h2-3,7-10,12-13,19H,4-6,11H2,1H3. The van der Waals surface area contributed by atoms with Crippen molar-refractivity contribution in [3.8, 4) is 0 Å². The first kappa shape index (κ1) is 13.0. The molecule has 0 aliphatic heterocycles. The Balaban J connectivity index is 1.90. The van der Waals surface area contributed by atoms with E-state index >= 15 is 0 Å². The molecule has 2 aromatic carbocycles. The average molecular weight is 318 g/mol. The molecule has 2 aromatic rings. The zero-order valence-electron chi connectivity index (χ0n) is 11.3. The minimum atomic E-state index is 0.633. The van der Waals surface area contributed by atoms with Gasteiger partial charge in [0.15, 0.2) is 0 Å². The number of hydrogen-bond donors (Lipinski definition) is 1. The van der Waals surface area contributed by atoms with E-state index in [9.17, 15) is 0 Å². The Bertz CT molecular complexity index is 578. The molecule has 0 spiro atoms. The molecule has 1 fully saturated rings. The van der Waals surface area contributed by atoms with Crippen LogP contribution < -0.4 is 5.32 Å². The van der Waals surface area contributed by atoms with Crippen molar-refractivity contribution >= 4 is 32.4 Å². The lowest BCUT2D eigenvalue weighted by molar-refractivity contribution is 0.359. The van der Waals surface area contributed by atoms with Gasteiger partial charge in [-0.3, -0.25) is 0 Å². The molecule has 2 unspecified atom stereocenters. The van der Waals surface area contributed by atoms with E-state index in [1.165, 1.54) is 46.6 Å². The molecule has 1 nitrogen and oxygen atoms in total. The molecule has 100 valence electrons. The summed E-state index contributed by atoms with van der Waals surface area (Å²) >= 11 is 3.64. The van der Waals surface area contributed by atoms with Crippen LogP contribution in [-0.2, 0) is 0 Å². The van der Waals surface area contributed by atoms with Gasteiger partial charge in [0.2, 0.25) is 0 Å². The van der Waals surface area contributed by atoms with Crippen molar-refractivity contribution in [1.29, 1.82) is 0 Å². The van der Waals surface area contributed by atoms with Gasteiger partial charge in [-0.1, -0.05) is 60.0 Å². The fourth-order valence-electron chi connectivity index (χ4n) is 3.17. The quantitative estimate of drug-likeness (QED) is 0.761. The third kappa shape index (κ3) is 2.79. The van der Waals surface area contributed by atoms with E-state index in [4.69, 9.17) is 0 Å². The highest BCUT2D eigenvalue weighted by atomic mass is 79.9. The number of nitrogens with one attached hydrogen (secondary N) is 1. The Labute approximate surface area is 123 Å². The summed E-state index contributed by atoms with van der Waals surface area (Å²) in [6.45, 7) is 2.37. The largest absolute Gasteiger partial charge is 0.382 e. The summed E-state index contributed by atoms with van der Waals surface area (Å²) in [7, 11) is 0. The molecule has 3 rings (SSSR count). The monoisotopic (exact) mass is 317 g/mol. The Morgan fingerprint density at radius 2 is 1.84 bits per heavy atom. The van der Waals surface area contributed by atoms with Gasteiger partial charge in [0.25, 0.3) is 0 Å². The van der Waals surface area contributed by atoms with Crippen molar-refractivity contribution in [3.05, 3.63) is 40.9 Å². The van der Waals surface area contributed by atoms with Crippen LogP contribution in [0.15, 0.2) is 40.9 Å². The zero-order chi connectivity index (χ0) is 13.2. The van der Waals surface area contributed by atoms with Crippen LogP contribution in [0.1, 0.15) is 32.6 Å². The van der Waals surface area contributed by atoms with Gasteiger partial charge in [-0.25, -0.2) is 0 Å². The third-order valence-electron chi connectivity index (χ3n) is 4.17. The summed E-state index contributed by atoms with van der Waals surface area (Å²) in [5.41, 5.74) is 1.28. The van der Waals surface area contributed by atoms with E-state index < -0.39 is 0 Å². The van der Waals surface area contributed by atoms with Crippen LogP contribution in [0.25, 0.3) is 10.8 Å². The van der Waals surface area contributed by atoms with Crippen LogP contribution >= 0.6 is 15.9 Å². The average Bonchev–Trinajstić information content (AvgIpc) is 2.42. The predicted molar refractivity (Wildman–Crippen MR) is 86.7 cm³/mol. The van der Waals surface area contributed by atoms with Crippen molar-refractivity contribution in [2.45, 2.75) is 38.6 Å². The molecular formula is C17H20BrN. The smallest absolute Gasteiger partial charge is 0.0422 e. The van der Waals surface area contributed by atoms with E-state index in [1.54, 1.807) is 0 Å². The summed E-state index contributed by atoms with van der Waals surface area (Å²) in [4.78, 5) is 0. The molecule has 19 heavy (non-hydrogen) atoms. The van der Waals surface area contributed by atoms with Crippen molar-refractivity contribution in [1.82, 2.24) is 0 Å². The van der Waals surface area contributed by atoms with Gasteiger partial charge in [-0.05, 0) is 36.3 Å². The molecule has 0 saturated heterocycles. The third-order valence-corrected chi connectivity index (χ3v) is 4.86. The topological polar surface area (TPSA) is 12.0 Å². The van der Waals surface area contributed by atoms with Gasteiger partial charge in [-0.2, -0.15) is 0 Å². The number of benzene rings is 2. The molecule has 1 aliphatic rings. The summed E-state index contributed by atoms with van der Waals surface area (Å²) in [5, 5.41) is 6.36. The fraction of sp³-hybridized carbons (Fsp3) is 0.412. The maximum atomic E-state index is 3.76. The normalized spacial score (nSPS) is 23.5. The van der Waals surface area contributed by atoms with Gasteiger partial charge in [0, 0.05) is 21.6 Å². The Kier molecular flexibility index (Phi) is 3.79. The first-order valence-corrected chi connectivity index (χ1v) is 7.97. The Hall–Kier alpha value is -1.02.